The first-order valence-electron chi connectivity index (χ1n) is 13.5. The molecule has 3 heterocycles. The molecule has 9 heteroatoms. The van der Waals surface area contributed by atoms with Crippen LogP contribution in [0, 0.1) is 13.8 Å². The van der Waals surface area contributed by atoms with Gasteiger partial charge in [0.05, 0.1) is 0 Å². The van der Waals surface area contributed by atoms with Gasteiger partial charge in [-0.25, -0.2) is 4.98 Å². The number of aryl methyl sites for hydroxylation is 2. The van der Waals surface area contributed by atoms with Crippen molar-refractivity contribution in [3.05, 3.63) is 88.9 Å². The van der Waals surface area contributed by atoms with Gasteiger partial charge in [-0.2, -0.15) is 14.6 Å². The number of hydrogen-bond donors (Lipinski definition) is 2. The van der Waals surface area contributed by atoms with Crippen LogP contribution in [-0.2, 0) is 22.4 Å². The fourth-order valence-electron chi connectivity index (χ4n) is 5.37. The molecule has 0 saturated carbocycles. The Labute approximate surface area is 228 Å². The number of aromatic nitrogens is 4. The molecule has 39 heavy (non-hydrogen) atoms. The summed E-state index contributed by atoms with van der Waals surface area (Å²) < 4.78 is 1.83. The highest BCUT2D eigenvalue weighted by Crippen LogP contribution is 2.28. The van der Waals surface area contributed by atoms with Gasteiger partial charge in [-0.3, -0.25) is 9.59 Å². The van der Waals surface area contributed by atoms with Gasteiger partial charge in [0.2, 0.25) is 11.8 Å². The minimum atomic E-state index is -0.613. The Morgan fingerprint density at radius 1 is 1.03 bits per heavy atom. The van der Waals surface area contributed by atoms with E-state index in [-0.39, 0.29) is 17.9 Å². The Bertz CT molecular complexity index is 1460. The lowest BCUT2D eigenvalue weighted by molar-refractivity contribution is -0.128. The maximum Gasteiger partial charge on any atom is 0.254 e. The van der Waals surface area contributed by atoms with Gasteiger partial charge in [0.1, 0.15) is 18.2 Å². The van der Waals surface area contributed by atoms with E-state index in [1.54, 1.807) is 6.33 Å². The highest BCUT2D eigenvalue weighted by molar-refractivity contribution is 5.87. The molecule has 0 spiro atoms. The Morgan fingerprint density at radius 3 is 2.49 bits per heavy atom. The molecule has 0 radical (unpaired) electrons. The van der Waals surface area contributed by atoms with E-state index in [1.165, 1.54) is 12.5 Å². The predicted octanol–water partition coefficient (Wildman–Crippen LogP) is 3.16. The lowest BCUT2D eigenvalue weighted by Crippen LogP contribution is -2.52. The van der Waals surface area contributed by atoms with Crippen LogP contribution in [-0.4, -0.2) is 56.6 Å². The third-order valence-electron chi connectivity index (χ3n) is 7.29. The zero-order chi connectivity index (χ0) is 27.4. The van der Waals surface area contributed by atoms with E-state index >= 15 is 0 Å². The first kappa shape index (κ1) is 26.3. The number of benzene rings is 2. The number of carbonyl (C=O) groups is 2. The van der Waals surface area contributed by atoms with Crippen molar-refractivity contribution in [2.24, 2.45) is 0 Å². The standard InChI is InChI=1S/C30H35N7O2/c1-20-8-7-11-24(16-20)18-27(34-22(3)38)28(39)35-25-12-14-36(15-13-25)29-26(17-23-9-5-4-6-10-23)21(2)33-30-31-19-32-37(29)30/h4-11,16,19,25,27H,12-15,17-18H2,1-3H3,(H,34,38)(H,35,39)/t27-/m0/s1. The molecule has 0 bridgehead atoms. The van der Waals surface area contributed by atoms with Crippen LogP contribution in [0.4, 0.5) is 5.82 Å². The number of anilines is 1. The lowest BCUT2D eigenvalue weighted by Gasteiger charge is -2.35. The van der Waals surface area contributed by atoms with E-state index in [2.05, 4.69) is 43.8 Å². The van der Waals surface area contributed by atoms with Gasteiger partial charge in [0, 0.05) is 50.2 Å². The summed E-state index contributed by atoms with van der Waals surface area (Å²) in [6, 6.07) is 17.8. The maximum absolute atomic E-state index is 13.3. The number of nitrogens with one attached hydrogen (secondary N) is 2. The molecule has 0 aliphatic carbocycles. The average molecular weight is 526 g/mol. The van der Waals surface area contributed by atoms with Gasteiger partial charge in [-0.05, 0) is 37.8 Å². The number of hydrogen-bond acceptors (Lipinski definition) is 6. The van der Waals surface area contributed by atoms with Crippen molar-refractivity contribution in [3.63, 3.8) is 0 Å². The lowest BCUT2D eigenvalue weighted by atomic mass is 9.99. The molecule has 202 valence electrons. The molecule has 1 atom stereocenters. The van der Waals surface area contributed by atoms with E-state index in [0.29, 0.717) is 12.2 Å². The maximum atomic E-state index is 13.3. The van der Waals surface area contributed by atoms with E-state index in [4.69, 9.17) is 4.98 Å². The van der Waals surface area contributed by atoms with Crippen molar-refractivity contribution in [2.45, 2.75) is 58.5 Å². The van der Waals surface area contributed by atoms with Crippen LogP contribution in [0.3, 0.4) is 0 Å². The molecule has 1 saturated heterocycles. The molecule has 1 fully saturated rings. The van der Waals surface area contributed by atoms with Crippen LogP contribution in [0.5, 0.6) is 0 Å². The van der Waals surface area contributed by atoms with Crippen molar-refractivity contribution < 1.29 is 9.59 Å². The molecular formula is C30H35N7O2. The normalized spacial score (nSPS) is 14.8. The summed E-state index contributed by atoms with van der Waals surface area (Å²) in [7, 11) is 0. The summed E-state index contributed by atoms with van der Waals surface area (Å²) >= 11 is 0. The van der Waals surface area contributed by atoms with Crippen molar-refractivity contribution in [3.8, 4) is 0 Å². The molecule has 2 aromatic heterocycles. The van der Waals surface area contributed by atoms with Gasteiger partial charge in [-0.1, -0.05) is 60.2 Å². The first-order valence-corrected chi connectivity index (χ1v) is 13.5. The molecule has 5 rings (SSSR count). The van der Waals surface area contributed by atoms with Crippen LogP contribution in [0.2, 0.25) is 0 Å². The van der Waals surface area contributed by atoms with E-state index in [0.717, 1.165) is 60.6 Å². The van der Waals surface area contributed by atoms with Crippen LogP contribution >= 0.6 is 0 Å². The molecule has 2 N–H and O–H groups in total. The van der Waals surface area contributed by atoms with Crippen LogP contribution < -0.4 is 15.5 Å². The minimum Gasteiger partial charge on any atom is -0.356 e. The quantitative estimate of drug-likeness (QED) is 0.366. The van der Waals surface area contributed by atoms with E-state index < -0.39 is 6.04 Å². The Hall–Kier alpha value is -4.27. The van der Waals surface area contributed by atoms with Crippen LogP contribution in [0.1, 0.15) is 47.7 Å². The van der Waals surface area contributed by atoms with Gasteiger partial charge < -0.3 is 15.5 Å². The Balaban J connectivity index is 1.30. The smallest absolute Gasteiger partial charge is 0.254 e. The third kappa shape index (κ3) is 6.25. The van der Waals surface area contributed by atoms with Crippen molar-refractivity contribution in [1.29, 1.82) is 0 Å². The van der Waals surface area contributed by atoms with E-state index in [1.807, 2.05) is 54.8 Å². The Kier molecular flexibility index (Phi) is 7.86. The van der Waals surface area contributed by atoms with Crippen molar-refractivity contribution >= 4 is 23.4 Å². The summed E-state index contributed by atoms with van der Waals surface area (Å²) in [6.45, 7) is 7.01. The van der Waals surface area contributed by atoms with Gasteiger partial charge in [0.25, 0.3) is 5.78 Å². The molecule has 0 unspecified atom stereocenters. The average Bonchev–Trinajstić information content (AvgIpc) is 3.37. The molecule has 9 nitrogen and oxygen atoms in total. The zero-order valence-electron chi connectivity index (χ0n) is 22.7. The summed E-state index contributed by atoms with van der Waals surface area (Å²) in [4.78, 5) is 36.5. The first-order chi connectivity index (χ1) is 18.9. The topological polar surface area (TPSA) is 105 Å². The van der Waals surface area contributed by atoms with Gasteiger partial charge in [0.15, 0.2) is 0 Å². The predicted molar refractivity (Wildman–Crippen MR) is 151 cm³/mol. The SMILES string of the molecule is CC(=O)N[C@@H](Cc1cccc(C)c1)C(=O)NC1CCN(c2c(Cc3ccccc3)c(C)nc3ncnn23)CC1. The fourth-order valence-corrected chi connectivity index (χ4v) is 5.37. The van der Waals surface area contributed by atoms with Crippen LogP contribution in [0.15, 0.2) is 60.9 Å². The number of fused-ring (bicyclic) bond motifs is 1. The number of rotatable bonds is 8. The second-order valence-electron chi connectivity index (χ2n) is 10.3. The largest absolute Gasteiger partial charge is 0.356 e. The van der Waals surface area contributed by atoms with Gasteiger partial charge in [-0.15, -0.1) is 0 Å². The highest BCUT2D eigenvalue weighted by Gasteiger charge is 2.28. The van der Waals surface area contributed by atoms with Crippen molar-refractivity contribution in [2.75, 3.05) is 18.0 Å². The number of amides is 2. The van der Waals surface area contributed by atoms with Gasteiger partial charge >= 0.3 is 0 Å². The second-order valence-corrected chi connectivity index (χ2v) is 10.3. The zero-order valence-corrected chi connectivity index (χ0v) is 22.7. The summed E-state index contributed by atoms with van der Waals surface area (Å²) in [5.41, 5.74) is 5.43. The monoisotopic (exact) mass is 525 g/mol. The summed E-state index contributed by atoms with van der Waals surface area (Å²) in [5, 5.41) is 10.5. The third-order valence-corrected chi connectivity index (χ3v) is 7.29. The molecule has 4 aromatic rings. The second kappa shape index (κ2) is 11.6. The number of piperidine rings is 1. The van der Waals surface area contributed by atoms with Crippen molar-refractivity contribution in [1.82, 2.24) is 30.2 Å². The molecule has 2 amide bonds. The van der Waals surface area contributed by atoms with E-state index in [9.17, 15) is 9.59 Å². The Morgan fingerprint density at radius 2 is 1.77 bits per heavy atom. The summed E-state index contributed by atoms with van der Waals surface area (Å²) in [6.07, 6.45) is 4.31. The number of carbonyl (C=O) groups excluding carboxylic acids is 2. The summed E-state index contributed by atoms with van der Waals surface area (Å²) in [5.74, 6) is 1.24. The minimum absolute atomic E-state index is 0.0225. The fraction of sp³-hybridized carbons (Fsp3) is 0.367. The molecule has 2 aromatic carbocycles. The van der Waals surface area contributed by atoms with Crippen LogP contribution in [0.25, 0.3) is 5.78 Å². The molecule has 1 aliphatic rings. The highest BCUT2D eigenvalue weighted by atomic mass is 16.2. The molecular weight excluding hydrogens is 490 g/mol. The molecule has 1 aliphatic heterocycles. The number of nitrogens with zero attached hydrogens (tertiary/aromatic N) is 5.